The van der Waals surface area contributed by atoms with Gasteiger partial charge >= 0.3 is 0 Å². The molecule has 0 fully saturated rings. The van der Waals surface area contributed by atoms with Gasteiger partial charge in [0, 0.05) is 29.8 Å². The Balaban J connectivity index is 1.90. The summed E-state index contributed by atoms with van der Waals surface area (Å²) in [7, 11) is -2.64. The normalized spacial score (nSPS) is 11.1. The molecule has 0 saturated carbocycles. The molecule has 0 radical (unpaired) electrons. The largest absolute Gasteiger partial charge is 0.495 e. The first-order chi connectivity index (χ1) is 14.3. The number of ketones is 1. The summed E-state index contributed by atoms with van der Waals surface area (Å²) >= 11 is 0. The van der Waals surface area contributed by atoms with Crippen LogP contribution in [0, 0.1) is 10.1 Å². The molecule has 0 aromatic heterocycles. The summed E-state index contributed by atoms with van der Waals surface area (Å²) < 4.78 is 33.3. The van der Waals surface area contributed by atoms with E-state index in [0.29, 0.717) is 0 Å². The van der Waals surface area contributed by atoms with Crippen LogP contribution in [0.5, 0.6) is 5.75 Å². The Morgan fingerprint density at radius 2 is 1.63 bits per heavy atom. The Morgan fingerprint density at radius 1 is 1.00 bits per heavy atom. The van der Waals surface area contributed by atoms with E-state index >= 15 is 0 Å². The lowest BCUT2D eigenvalue weighted by atomic mass is 10.0. The summed E-state index contributed by atoms with van der Waals surface area (Å²) in [5.74, 6) is -0.372. The quantitative estimate of drug-likeness (QED) is 0.336. The Hall–Kier alpha value is -3.56. The second-order valence-corrected chi connectivity index (χ2v) is 8.04. The molecular weight excluding hydrogens is 408 g/mol. The van der Waals surface area contributed by atoms with Crippen LogP contribution in [0.1, 0.15) is 21.5 Å². The van der Waals surface area contributed by atoms with Crippen molar-refractivity contribution < 1.29 is 22.9 Å². The predicted molar refractivity (Wildman–Crippen MR) is 110 cm³/mol. The van der Waals surface area contributed by atoms with Crippen molar-refractivity contribution in [2.45, 2.75) is 11.4 Å². The summed E-state index contributed by atoms with van der Waals surface area (Å²) in [5, 5.41) is 10.8. The number of nitro benzene ring substituents is 1. The van der Waals surface area contributed by atoms with Crippen molar-refractivity contribution in [3.8, 4) is 5.75 Å². The van der Waals surface area contributed by atoms with Crippen molar-refractivity contribution in [1.29, 1.82) is 0 Å². The highest BCUT2D eigenvalue weighted by molar-refractivity contribution is 7.89. The maximum Gasteiger partial charge on any atom is 0.269 e. The number of sulfonamides is 1. The lowest BCUT2D eigenvalue weighted by Gasteiger charge is -2.12. The van der Waals surface area contributed by atoms with Crippen LogP contribution in [0.2, 0.25) is 0 Å². The standard InChI is InChI=1S/C21H18N2O6S/c1-29-19-12-9-17(21(24)16-7-10-18(11-8-16)23(25)26)13-20(19)30(27,28)22-14-15-5-3-2-4-6-15/h2-13,22H,14H2,1H3. The van der Waals surface area contributed by atoms with Gasteiger partial charge in [0.25, 0.3) is 5.69 Å². The number of hydrogen-bond donors (Lipinski definition) is 1. The van der Waals surface area contributed by atoms with Gasteiger partial charge in [-0.1, -0.05) is 30.3 Å². The topological polar surface area (TPSA) is 116 Å². The minimum atomic E-state index is -3.97. The zero-order valence-corrected chi connectivity index (χ0v) is 16.8. The molecule has 0 aliphatic heterocycles. The Labute approximate surface area is 173 Å². The molecule has 0 amide bonds. The first-order valence-electron chi connectivity index (χ1n) is 8.82. The zero-order valence-electron chi connectivity index (χ0n) is 15.9. The number of benzene rings is 3. The number of nitrogens with zero attached hydrogens (tertiary/aromatic N) is 1. The Kier molecular flexibility index (Phi) is 6.24. The van der Waals surface area contributed by atoms with Crippen LogP contribution in [0.4, 0.5) is 5.69 Å². The molecule has 0 unspecified atom stereocenters. The van der Waals surface area contributed by atoms with Gasteiger partial charge < -0.3 is 4.74 Å². The molecule has 0 heterocycles. The highest BCUT2D eigenvalue weighted by Crippen LogP contribution is 2.26. The second kappa shape index (κ2) is 8.85. The lowest BCUT2D eigenvalue weighted by Crippen LogP contribution is -2.24. The number of ether oxygens (including phenoxy) is 1. The van der Waals surface area contributed by atoms with Gasteiger partial charge in [-0.25, -0.2) is 13.1 Å². The highest BCUT2D eigenvalue weighted by Gasteiger charge is 2.22. The van der Waals surface area contributed by atoms with Gasteiger partial charge in [0.2, 0.25) is 10.0 Å². The van der Waals surface area contributed by atoms with Gasteiger partial charge in [-0.15, -0.1) is 0 Å². The Morgan fingerprint density at radius 3 is 2.23 bits per heavy atom. The number of nitrogens with one attached hydrogen (secondary N) is 1. The van der Waals surface area contributed by atoms with E-state index in [-0.39, 0.29) is 34.0 Å². The van der Waals surface area contributed by atoms with Gasteiger partial charge in [-0.05, 0) is 35.9 Å². The maximum absolute atomic E-state index is 12.8. The SMILES string of the molecule is COc1ccc(C(=O)c2ccc([N+](=O)[O-])cc2)cc1S(=O)(=O)NCc1ccccc1. The van der Waals surface area contributed by atoms with E-state index in [1.54, 1.807) is 24.3 Å². The summed E-state index contributed by atoms with van der Waals surface area (Å²) in [6.07, 6.45) is 0. The molecule has 1 N–H and O–H groups in total. The number of carbonyl (C=O) groups is 1. The maximum atomic E-state index is 12.8. The number of methoxy groups -OCH3 is 1. The van der Waals surface area contributed by atoms with Crippen LogP contribution < -0.4 is 9.46 Å². The van der Waals surface area contributed by atoms with E-state index in [1.165, 1.54) is 49.6 Å². The van der Waals surface area contributed by atoms with Crippen LogP contribution in [-0.4, -0.2) is 26.2 Å². The molecule has 0 aliphatic rings. The van der Waals surface area contributed by atoms with Gasteiger partial charge in [0.1, 0.15) is 10.6 Å². The average Bonchev–Trinajstić information content (AvgIpc) is 2.77. The van der Waals surface area contributed by atoms with Crippen LogP contribution in [0.15, 0.2) is 77.7 Å². The van der Waals surface area contributed by atoms with Crippen molar-refractivity contribution in [2.75, 3.05) is 7.11 Å². The van der Waals surface area contributed by atoms with Crippen LogP contribution in [0.3, 0.4) is 0 Å². The third kappa shape index (κ3) is 4.70. The van der Waals surface area contributed by atoms with E-state index in [1.807, 2.05) is 6.07 Å². The molecule has 3 aromatic rings. The van der Waals surface area contributed by atoms with Crippen LogP contribution in [0.25, 0.3) is 0 Å². The molecule has 0 bridgehead atoms. The third-order valence-corrected chi connectivity index (χ3v) is 5.79. The smallest absolute Gasteiger partial charge is 0.269 e. The van der Waals surface area contributed by atoms with Gasteiger partial charge in [0.05, 0.1) is 12.0 Å². The van der Waals surface area contributed by atoms with E-state index < -0.39 is 20.7 Å². The monoisotopic (exact) mass is 426 g/mol. The minimum Gasteiger partial charge on any atom is -0.495 e. The molecule has 30 heavy (non-hydrogen) atoms. The lowest BCUT2D eigenvalue weighted by molar-refractivity contribution is -0.384. The van der Waals surface area contributed by atoms with E-state index in [9.17, 15) is 23.3 Å². The number of rotatable bonds is 8. The molecule has 0 spiro atoms. The molecule has 0 saturated heterocycles. The van der Waals surface area contributed by atoms with Gasteiger partial charge in [-0.2, -0.15) is 0 Å². The molecule has 9 heteroatoms. The van der Waals surface area contributed by atoms with Crippen LogP contribution in [-0.2, 0) is 16.6 Å². The molecule has 154 valence electrons. The van der Waals surface area contributed by atoms with Crippen LogP contribution >= 0.6 is 0 Å². The Bertz CT molecular complexity index is 1180. The van der Waals surface area contributed by atoms with Crippen molar-refractivity contribution in [3.05, 3.63) is 99.6 Å². The summed E-state index contributed by atoms with van der Waals surface area (Å²) in [6.45, 7) is 0.0762. The van der Waals surface area contributed by atoms with E-state index in [2.05, 4.69) is 4.72 Å². The molecule has 3 aromatic carbocycles. The minimum absolute atomic E-state index is 0.0762. The van der Waals surface area contributed by atoms with E-state index in [4.69, 9.17) is 4.74 Å². The molecular formula is C21H18N2O6S. The molecule has 0 aliphatic carbocycles. The summed E-state index contributed by atoms with van der Waals surface area (Å²) in [4.78, 5) is 22.8. The highest BCUT2D eigenvalue weighted by atomic mass is 32.2. The number of hydrogen-bond acceptors (Lipinski definition) is 6. The first-order valence-corrected chi connectivity index (χ1v) is 10.3. The van der Waals surface area contributed by atoms with E-state index in [0.717, 1.165) is 5.56 Å². The summed E-state index contributed by atoms with van der Waals surface area (Å²) in [6, 6.07) is 18.2. The van der Waals surface area contributed by atoms with Crippen molar-refractivity contribution in [3.63, 3.8) is 0 Å². The molecule has 3 rings (SSSR count). The second-order valence-electron chi connectivity index (χ2n) is 6.31. The zero-order chi connectivity index (χ0) is 21.7. The molecule has 8 nitrogen and oxygen atoms in total. The number of non-ortho nitro benzene ring substituents is 1. The van der Waals surface area contributed by atoms with Crippen molar-refractivity contribution >= 4 is 21.5 Å². The van der Waals surface area contributed by atoms with Gasteiger partial charge in [0.15, 0.2) is 5.78 Å². The fourth-order valence-corrected chi connectivity index (χ4v) is 3.99. The fourth-order valence-electron chi connectivity index (χ4n) is 2.78. The number of carbonyl (C=O) groups excluding carboxylic acids is 1. The average molecular weight is 426 g/mol. The van der Waals surface area contributed by atoms with Crippen molar-refractivity contribution in [1.82, 2.24) is 4.72 Å². The fraction of sp³-hybridized carbons (Fsp3) is 0.0952. The number of nitro groups is 1. The van der Waals surface area contributed by atoms with Crippen molar-refractivity contribution in [2.24, 2.45) is 0 Å². The summed E-state index contributed by atoms with van der Waals surface area (Å²) in [5.41, 5.74) is 0.948. The third-order valence-electron chi connectivity index (χ3n) is 4.36. The first kappa shape index (κ1) is 21.2. The molecule has 0 atom stereocenters. The predicted octanol–water partition coefficient (Wildman–Crippen LogP) is 3.31. The van der Waals surface area contributed by atoms with Gasteiger partial charge in [-0.3, -0.25) is 14.9 Å².